The Labute approximate surface area is 115 Å². The van der Waals surface area contributed by atoms with Gasteiger partial charge in [-0.25, -0.2) is 4.39 Å². The molecule has 2 N–H and O–H groups in total. The number of hydrogen-bond acceptors (Lipinski definition) is 2. The van der Waals surface area contributed by atoms with E-state index in [1.807, 2.05) is 19.1 Å². The molecular weight excluding hydrogens is 239 g/mol. The van der Waals surface area contributed by atoms with Gasteiger partial charge in [0.25, 0.3) is 0 Å². The molecule has 1 heterocycles. The first-order chi connectivity index (χ1) is 8.89. The summed E-state index contributed by atoms with van der Waals surface area (Å²) in [6.07, 6.45) is 2.47. The molecule has 2 unspecified atom stereocenters. The van der Waals surface area contributed by atoms with Crippen LogP contribution in [0.15, 0.2) is 24.3 Å². The summed E-state index contributed by atoms with van der Waals surface area (Å²) in [6.45, 7) is 8.78. The van der Waals surface area contributed by atoms with Crippen molar-refractivity contribution in [1.29, 1.82) is 0 Å². The molecule has 0 bridgehead atoms. The summed E-state index contributed by atoms with van der Waals surface area (Å²) in [7, 11) is 0. The van der Waals surface area contributed by atoms with E-state index in [0.717, 1.165) is 18.7 Å². The van der Waals surface area contributed by atoms with Crippen LogP contribution < -0.4 is 5.73 Å². The fourth-order valence-electron chi connectivity index (χ4n) is 3.21. The molecule has 106 valence electrons. The molecule has 0 spiro atoms. The number of halogens is 1. The molecule has 0 aromatic heterocycles. The largest absolute Gasteiger partial charge is 0.326 e. The predicted molar refractivity (Wildman–Crippen MR) is 77.4 cm³/mol. The highest BCUT2D eigenvalue weighted by molar-refractivity contribution is 5.21. The molecule has 1 aliphatic heterocycles. The molecule has 2 nitrogen and oxygen atoms in total. The summed E-state index contributed by atoms with van der Waals surface area (Å²) in [5.74, 6) is -0.189. The minimum atomic E-state index is -0.189. The van der Waals surface area contributed by atoms with Crippen LogP contribution >= 0.6 is 0 Å². The number of benzene rings is 1. The summed E-state index contributed by atoms with van der Waals surface area (Å²) in [5.41, 5.74) is 7.65. The number of rotatable bonds is 3. The quantitative estimate of drug-likeness (QED) is 0.907. The van der Waals surface area contributed by atoms with Gasteiger partial charge in [-0.1, -0.05) is 26.0 Å². The van der Waals surface area contributed by atoms with Gasteiger partial charge in [0.15, 0.2) is 0 Å². The lowest BCUT2D eigenvalue weighted by Gasteiger charge is -2.43. The first-order valence-corrected chi connectivity index (χ1v) is 7.14. The van der Waals surface area contributed by atoms with Gasteiger partial charge in [0.05, 0.1) is 0 Å². The summed E-state index contributed by atoms with van der Waals surface area (Å²) in [5, 5.41) is 0. The summed E-state index contributed by atoms with van der Waals surface area (Å²) < 4.78 is 13.1. The third kappa shape index (κ3) is 3.54. The highest BCUT2D eigenvalue weighted by Crippen LogP contribution is 2.34. The van der Waals surface area contributed by atoms with Gasteiger partial charge in [0, 0.05) is 18.6 Å². The van der Waals surface area contributed by atoms with E-state index in [2.05, 4.69) is 18.7 Å². The molecule has 1 fully saturated rings. The Morgan fingerprint density at radius 2 is 1.89 bits per heavy atom. The molecule has 1 aromatic carbocycles. The molecular formula is C16H25FN2. The van der Waals surface area contributed by atoms with Gasteiger partial charge in [-0.15, -0.1) is 0 Å². The van der Waals surface area contributed by atoms with Crippen LogP contribution in [0, 0.1) is 11.2 Å². The van der Waals surface area contributed by atoms with E-state index in [1.54, 1.807) is 0 Å². The number of piperidine rings is 1. The van der Waals surface area contributed by atoms with Crippen molar-refractivity contribution in [3.05, 3.63) is 35.6 Å². The topological polar surface area (TPSA) is 29.3 Å². The highest BCUT2D eigenvalue weighted by atomic mass is 19.1. The second-order valence-corrected chi connectivity index (χ2v) is 6.59. The van der Waals surface area contributed by atoms with E-state index in [-0.39, 0.29) is 17.9 Å². The van der Waals surface area contributed by atoms with Crippen LogP contribution in [0.5, 0.6) is 0 Å². The monoisotopic (exact) mass is 264 g/mol. The number of likely N-dealkylation sites (tertiary alicyclic amines) is 1. The van der Waals surface area contributed by atoms with Crippen molar-refractivity contribution in [3.8, 4) is 0 Å². The zero-order valence-corrected chi connectivity index (χ0v) is 12.2. The molecule has 1 saturated heterocycles. The Morgan fingerprint density at radius 1 is 1.26 bits per heavy atom. The van der Waals surface area contributed by atoms with E-state index >= 15 is 0 Å². The van der Waals surface area contributed by atoms with Crippen LogP contribution in [-0.2, 0) is 0 Å². The zero-order chi connectivity index (χ0) is 14.0. The molecule has 1 aromatic rings. The average Bonchev–Trinajstić information content (AvgIpc) is 2.30. The van der Waals surface area contributed by atoms with Crippen molar-refractivity contribution >= 4 is 0 Å². The third-order valence-corrected chi connectivity index (χ3v) is 4.03. The van der Waals surface area contributed by atoms with Gasteiger partial charge >= 0.3 is 0 Å². The van der Waals surface area contributed by atoms with Gasteiger partial charge in [-0.05, 0) is 49.4 Å². The maximum absolute atomic E-state index is 13.1. The summed E-state index contributed by atoms with van der Waals surface area (Å²) >= 11 is 0. The summed E-state index contributed by atoms with van der Waals surface area (Å²) in [4.78, 5) is 2.46. The molecule has 0 saturated carbocycles. The Kier molecular flexibility index (Phi) is 4.26. The Balaban J connectivity index is 2.22. The SMILES string of the molecule is CC(N)C(c1ccc(F)cc1)N1CCCC(C)(C)C1. The van der Waals surface area contributed by atoms with E-state index < -0.39 is 0 Å². The van der Waals surface area contributed by atoms with Crippen molar-refractivity contribution in [2.45, 2.75) is 45.7 Å². The standard InChI is InChI=1S/C16H25FN2/c1-12(18)15(13-5-7-14(17)8-6-13)19-10-4-9-16(2,3)11-19/h5-8,12,15H,4,9-11,18H2,1-3H3. The maximum Gasteiger partial charge on any atom is 0.123 e. The predicted octanol–water partition coefficient (Wildman–Crippen LogP) is 3.34. The normalized spacial score (nSPS) is 23.0. The van der Waals surface area contributed by atoms with Crippen LogP contribution in [-0.4, -0.2) is 24.0 Å². The molecule has 0 radical (unpaired) electrons. The average molecular weight is 264 g/mol. The van der Waals surface area contributed by atoms with E-state index in [4.69, 9.17) is 5.73 Å². The Bertz CT molecular complexity index is 411. The molecule has 0 aliphatic carbocycles. The zero-order valence-electron chi connectivity index (χ0n) is 12.2. The second kappa shape index (κ2) is 5.59. The van der Waals surface area contributed by atoms with Crippen LogP contribution in [0.4, 0.5) is 4.39 Å². The fourth-order valence-corrected chi connectivity index (χ4v) is 3.21. The van der Waals surface area contributed by atoms with Gasteiger partial charge < -0.3 is 5.73 Å². The van der Waals surface area contributed by atoms with E-state index in [0.29, 0.717) is 5.41 Å². The molecule has 1 aliphatic rings. The van der Waals surface area contributed by atoms with Crippen LogP contribution in [0.1, 0.15) is 45.2 Å². The maximum atomic E-state index is 13.1. The minimum Gasteiger partial charge on any atom is -0.326 e. The summed E-state index contributed by atoms with van der Waals surface area (Å²) in [6, 6.07) is 7.01. The van der Waals surface area contributed by atoms with Crippen molar-refractivity contribution in [2.75, 3.05) is 13.1 Å². The molecule has 2 atom stereocenters. The van der Waals surface area contributed by atoms with Gasteiger partial charge in [-0.2, -0.15) is 0 Å². The molecule has 0 amide bonds. The lowest BCUT2D eigenvalue weighted by Crippen LogP contribution is -2.47. The molecule has 2 rings (SSSR count). The first kappa shape index (κ1) is 14.5. The number of hydrogen-bond donors (Lipinski definition) is 1. The number of nitrogens with two attached hydrogens (primary N) is 1. The van der Waals surface area contributed by atoms with Crippen molar-refractivity contribution < 1.29 is 4.39 Å². The third-order valence-electron chi connectivity index (χ3n) is 4.03. The smallest absolute Gasteiger partial charge is 0.123 e. The molecule has 3 heteroatoms. The van der Waals surface area contributed by atoms with Gasteiger partial charge in [0.2, 0.25) is 0 Å². The van der Waals surface area contributed by atoms with Crippen molar-refractivity contribution in [2.24, 2.45) is 11.1 Å². The van der Waals surface area contributed by atoms with Crippen LogP contribution in [0.25, 0.3) is 0 Å². The van der Waals surface area contributed by atoms with E-state index in [1.165, 1.54) is 25.0 Å². The number of nitrogens with zero attached hydrogens (tertiary/aromatic N) is 1. The van der Waals surface area contributed by atoms with Crippen molar-refractivity contribution in [3.63, 3.8) is 0 Å². The first-order valence-electron chi connectivity index (χ1n) is 7.14. The van der Waals surface area contributed by atoms with Crippen LogP contribution in [0.3, 0.4) is 0 Å². The Morgan fingerprint density at radius 3 is 2.42 bits per heavy atom. The molecule has 19 heavy (non-hydrogen) atoms. The fraction of sp³-hybridized carbons (Fsp3) is 0.625. The lowest BCUT2D eigenvalue weighted by molar-refractivity contribution is 0.0688. The Hall–Kier alpha value is -0.930. The highest BCUT2D eigenvalue weighted by Gasteiger charge is 2.32. The second-order valence-electron chi connectivity index (χ2n) is 6.59. The van der Waals surface area contributed by atoms with Gasteiger partial charge in [0.1, 0.15) is 5.82 Å². The minimum absolute atomic E-state index is 0.0411. The lowest BCUT2D eigenvalue weighted by atomic mass is 9.82. The van der Waals surface area contributed by atoms with Gasteiger partial charge in [-0.3, -0.25) is 4.90 Å². The van der Waals surface area contributed by atoms with Crippen LogP contribution in [0.2, 0.25) is 0 Å². The van der Waals surface area contributed by atoms with E-state index in [9.17, 15) is 4.39 Å². The van der Waals surface area contributed by atoms with Crippen molar-refractivity contribution in [1.82, 2.24) is 4.90 Å².